The predicted octanol–water partition coefficient (Wildman–Crippen LogP) is 2.03. The molecule has 2 aromatic rings. The second-order valence-electron chi connectivity index (χ2n) is 7.22. The van der Waals surface area contributed by atoms with Crippen molar-refractivity contribution in [2.24, 2.45) is 5.92 Å². The molecule has 0 radical (unpaired) electrons. The van der Waals surface area contributed by atoms with Crippen LogP contribution in [-0.2, 0) is 16.1 Å². The smallest absolute Gasteiger partial charge is 0.246 e. The molecule has 6 nitrogen and oxygen atoms in total. The van der Waals surface area contributed by atoms with Gasteiger partial charge in [-0.3, -0.25) is 14.3 Å². The molecule has 1 aliphatic carbocycles. The van der Waals surface area contributed by atoms with E-state index in [0.717, 1.165) is 18.4 Å². The maximum absolute atomic E-state index is 12.4. The van der Waals surface area contributed by atoms with Crippen molar-refractivity contribution >= 4 is 17.9 Å². The standard InChI is InChI=1S/C21H24N4O2/c26-20(23-10-12-24(13-11-23)21(27)19-7-8-19)9-6-18-14-22-25(16-18)15-17-4-2-1-3-5-17/h1-6,9,14,16,19H,7-8,10-13,15H2/b9-6+. The monoisotopic (exact) mass is 364 g/mol. The average Bonchev–Trinajstić information content (AvgIpc) is 3.47. The van der Waals surface area contributed by atoms with Crippen LogP contribution in [0.15, 0.2) is 48.8 Å². The summed E-state index contributed by atoms with van der Waals surface area (Å²) in [5.74, 6) is 0.507. The van der Waals surface area contributed by atoms with Crippen LogP contribution in [0.2, 0.25) is 0 Å². The van der Waals surface area contributed by atoms with Gasteiger partial charge in [-0.1, -0.05) is 30.3 Å². The fraction of sp³-hybridized carbons (Fsp3) is 0.381. The summed E-state index contributed by atoms with van der Waals surface area (Å²) >= 11 is 0. The van der Waals surface area contributed by atoms with Crippen LogP contribution in [0.25, 0.3) is 6.08 Å². The molecule has 2 aliphatic rings. The van der Waals surface area contributed by atoms with Crippen molar-refractivity contribution in [1.82, 2.24) is 19.6 Å². The number of rotatable bonds is 5. The molecular weight excluding hydrogens is 340 g/mol. The summed E-state index contributed by atoms with van der Waals surface area (Å²) in [5.41, 5.74) is 2.09. The number of piperazine rings is 1. The Morgan fingerprint density at radius 3 is 2.44 bits per heavy atom. The Labute approximate surface area is 159 Å². The minimum atomic E-state index is -0.00988. The van der Waals surface area contributed by atoms with E-state index in [-0.39, 0.29) is 17.7 Å². The first-order chi connectivity index (χ1) is 13.2. The fourth-order valence-electron chi connectivity index (χ4n) is 3.33. The van der Waals surface area contributed by atoms with E-state index in [1.807, 2.05) is 38.9 Å². The van der Waals surface area contributed by atoms with Crippen molar-refractivity contribution in [1.29, 1.82) is 0 Å². The van der Waals surface area contributed by atoms with E-state index in [9.17, 15) is 9.59 Å². The summed E-state index contributed by atoms with van der Waals surface area (Å²) < 4.78 is 1.86. The fourth-order valence-corrected chi connectivity index (χ4v) is 3.33. The van der Waals surface area contributed by atoms with Crippen LogP contribution in [0.5, 0.6) is 0 Å². The van der Waals surface area contributed by atoms with E-state index in [1.165, 1.54) is 5.56 Å². The first-order valence-electron chi connectivity index (χ1n) is 9.51. The minimum Gasteiger partial charge on any atom is -0.339 e. The van der Waals surface area contributed by atoms with E-state index >= 15 is 0 Å². The van der Waals surface area contributed by atoms with Crippen LogP contribution in [0.1, 0.15) is 24.0 Å². The van der Waals surface area contributed by atoms with Gasteiger partial charge in [0.2, 0.25) is 11.8 Å². The van der Waals surface area contributed by atoms with Gasteiger partial charge in [0.15, 0.2) is 0 Å². The molecule has 1 aromatic carbocycles. The lowest BCUT2D eigenvalue weighted by Crippen LogP contribution is -2.50. The van der Waals surface area contributed by atoms with Gasteiger partial charge in [-0.25, -0.2) is 0 Å². The molecule has 0 atom stereocenters. The molecule has 0 unspecified atom stereocenters. The lowest BCUT2D eigenvalue weighted by molar-refractivity contribution is -0.138. The number of aromatic nitrogens is 2. The van der Waals surface area contributed by atoms with E-state index in [4.69, 9.17) is 0 Å². The number of hydrogen-bond acceptors (Lipinski definition) is 3. The Hall–Kier alpha value is -2.89. The van der Waals surface area contributed by atoms with Crippen LogP contribution < -0.4 is 0 Å². The summed E-state index contributed by atoms with van der Waals surface area (Å²) in [5, 5.41) is 4.35. The topological polar surface area (TPSA) is 58.4 Å². The molecule has 1 aliphatic heterocycles. The van der Waals surface area contributed by atoms with Crippen LogP contribution in [0.3, 0.4) is 0 Å². The molecule has 6 heteroatoms. The number of carbonyl (C=O) groups excluding carboxylic acids is 2. The van der Waals surface area contributed by atoms with Crippen molar-refractivity contribution in [2.45, 2.75) is 19.4 Å². The molecule has 0 bridgehead atoms. The third-order valence-corrected chi connectivity index (χ3v) is 5.09. The molecule has 140 valence electrons. The summed E-state index contributed by atoms with van der Waals surface area (Å²) in [6.07, 6.45) is 9.15. The molecule has 1 saturated carbocycles. The first kappa shape index (κ1) is 17.5. The summed E-state index contributed by atoms with van der Waals surface area (Å²) in [7, 11) is 0. The van der Waals surface area contributed by atoms with Crippen LogP contribution in [0.4, 0.5) is 0 Å². The van der Waals surface area contributed by atoms with Gasteiger partial charge in [-0.15, -0.1) is 0 Å². The van der Waals surface area contributed by atoms with Crippen molar-refractivity contribution < 1.29 is 9.59 Å². The molecule has 1 aromatic heterocycles. The Morgan fingerprint density at radius 2 is 1.74 bits per heavy atom. The molecule has 2 heterocycles. The molecule has 0 N–H and O–H groups in total. The van der Waals surface area contributed by atoms with E-state index in [1.54, 1.807) is 18.3 Å². The Bertz CT molecular complexity index is 831. The van der Waals surface area contributed by atoms with Gasteiger partial charge < -0.3 is 9.80 Å². The summed E-state index contributed by atoms with van der Waals surface area (Å²) in [6, 6.07) is 10.1. The predicted molar refractivity (Wildman–Crippen MR) is 103 cm³/mol. The highest BCUT2D eigenvalue weighted by Gasteiger charge is 2.34. The minimum absolute atomic E-state index is 0.00988. The zero-order valence-electron chi connectivity index (χ0n) is 15.3. The zero-order valence-corrected chi connectivity index (χ0v) is 15.3. The first-order valence-corrected chi connectivity index (χ1v) is 9.51. The van der Waals surface area contributed by atoms with Crippen LogP contribution in [-0.4, -0.2) is 57.6 Å². The lowest BCUT2D eigenvalue weighted by Gasteiger charge is -2.34. The van der Waals surface area contributed by atoms with Gasteiger partial charge in [-0.2, -0.15) is 5.10 Å². The molecule has 27 heavy (non-hydrogen) atoms. The number of hydrogen-bond donors (Lipinski definition) is 0. The second-order valence-corrected chi connectivity index (χ2v) is 7.22. The zero-order chi connectivity index (χ0) is 18.6. The molecule has 0 spiro atoms. The van der Waals surface area contributed by atoms with Gasteiger partial charge >= 0.3 is 0 Å². The van der Waals surface area contributed by atoms with E-state index < -0.39 is 0 Å². The molecule has 4 rings (SSSR count). The quantitative estimate of drug-likeness (QED) is 0.763. The highest BCUT2D eigenvalue weighted by molar-refractivity contribution is 5.92. The Balaban J connectivity index is 1.28. The Kier molecular flexibility index (Phi) is 5.05. The molecule has 1 saturated heterocycles. The average molecular weight is 364 g/mol. The third-order valence-electron chi connectivity index (χ3n) is 5.09. The van der Waals surface area contributed by atoms with Gasteiger partial charge in [0.05, 0.1) is 12.7 Å². The van der Waals surface area contributed by atoms with Gasteiger partial charge in [0.25, 0.3) is 0 Å². The largest absolute Gasteiger partial charge is 0.339 e. The number of carbonyl (C=O) groups is 2. The lowest BCUT2D eigenvalue weighted by atomic mass is 10.2. The van der Waals surface area contributed by atoms with Crippen molar-refractivity contribution in [3.05, 3.63) is 59.9 Å². The van der Waals surface area contributed by atoms with Gasteiger partial charge in [0.1, 0.15) is 0 Å². The van der Waals surface area contributed by atoms with E-state index in [0.29, 0.717) is 32.7 Å². The Morgan fingerprint density at radius 1 is 1.04 bits per heavy atom. The second kappa shape index (κ2) is 7.78. The van der Waals surface area contributed by atoms with Gasteiger partial charge in [-0.05, 0) is 24.5 Å². The molecular formula is C21H24N4O2. The normalized spacial score (nSPS) is 17.5. The summed E-state index contributed by atoms with van der Waals surface area (Å²) in [6.45, 7) is 3.21. The number of amides is 2. The van der Waals surface area contributed by atoms with Crippen LogP contribution in [0, 0.1) is 5.92 Å². The maximum atomic E-state index is 12.4. The third kappa shape index (κ3) is 4.45. The summed E-state index contributed by atoms with van der Waals surface area (Å²) in [4.78, 5) is 28.2. The highest BCUT2D eigenvalue weighted by Crippen LogP contribution is 2.31. The maximum Gasteiger partial charge on any atom is 0.246 e. The van der Waals surface area contributed by atoms with Gasteiger partial charge in [0, 0.05) is 49.9 Å². The molecule has 2 amide bonds. The number of nitrogens with zero attached hydrogens (tertiary/aromatic N) is 4. The SMILES string of the molecule is O=C(/C=C/c1cnn(Cc2ccccc2)c1)N1CCN(C(=O)C2CC2)CC1. The van der Waals surface area contributed by atoms with Crippen molar-refractivity contribution in [2.75, 3.05) is 26.2 Å². The van der Waals surface area contributed by atoms with E-state index in [2.05, 4.69) is 17.2 Å². The van der Waals surface area contributed by atoms with Crippen LogP contribution >= 0.6 is 0 Å². The van der Waals surface area contributed by atoms with Crippen molar-refractivity contribution in [3.63, 3.8) is 0 Å². The molecule has 2 fully saturated rings. The highest BCUT2D eigenvalue weighted by atomic mass is 16.2. The van der Waals surface area contributed by atoms with Crippen molar-refractivity contribution in [3.8, 4) is 0 Å². The number of benzene rings is 1.